The smallest absolute Gasteiger partial charge is 0.123 e. The molecule has 2 rings (SSSR count). The molecule has 3 unspecified atom stereocenters. The summed E-state index contributed by atoms with van der Waals surface area (Å²) in [6.45, 7) is 8.15. The number of ether oxygens (including phenoxy) is 1. The van der Waals surface area contributed by atoms with E-state index >= 15 is 0 Å². The lowest BCUT2D eigenvalue weighted by Crippen LogP contribution is -2.41. The molecule has 0 aromatic heterocycles. The highest BCUT2D eigenvalue weighted by atomic mass is 19.1. The Balaban J connectivity index is 2.14. The first kappa shape index (κ1) is 15.5. The summed E-state index contributed by atoms with van der Waals surface area (Å²) in [5.41, 5.74) is 2.28. The minimum absolute atomic E-state index is 0.143. The van der Waals surface area contributed by atoms with Gasteiger partial charge in [-0.25, -0.2) is 4.39 Å². The van der Waals surface area contributed by atoms with Gasteiger partial charge in [0.1, 0.15) is 5.82 Å². The molecular formula is C17H26FNO. The zero-order valence-electron chi connectivity index (χ0n) is 12.8. The molecule has 1 aliphatic heterocycles. The Hall–Kier alpha value is -0.930. The van der Waals surface area contributed by atoms with Crippen LogP contribution in [0.2, 0.25) is 0 Å². The predicted molar refractivity (Wildman–Crippen MR) is 80.4 cm³/mol. The van der Waals surface area contributed by atoms with E-state index in [0.717, 1.165) is 38.0 Å². The molecule has 112 valence electrons. The van der Waals surface area contributed by atoms with Crippen molar-refractivity contribution in [3.63, 3.8) is 0 Å². The largest absolute Gasteiger partial charge is 0.378 e. The summed E-state index contributed by atoms with van der Waals surface area (Å²) in [4.78, 5) is 0. The van der Waals surface area contributed by atoms with E-state index in [0.29, 0.717) is 18.1 Å². The highest BCUT2D eigenvalue weighted by Crippen LogP contribution is 2.29. The van der Waals surface area contributed by atoms with Gasteiger partial charge in [-0.15, -0.1) is 0 Å². The number of rotatable bonds is 6. The molecule has 0 spiro atoms. The van der Waals surface area contributed by atoms with E-state index in [1.54, 1.807) is 6.07 Å². The van der Waals surface area contributed by atoms with Crippen molar-refractivity contribution >= 4 is 0 Å². The van der Waals surface area contributed by atoms with Gasteiger partial charge in [-0.05, 0) is 56.0 Å². The van der Waals surface area contributed by atoms with Crippen LogP contribution in [0.15, 0.2) is 18.2 Å². The summed E-state index contributed by atoms with van der Waals surface area (Å²) in [5, 5.41) is 3.58. The van der Waals surface area contributed by atoms with Crippen LogP contribution in [-0.4, -0.2) is 25.3 Å². The second kappa shape index (κ2) is 7.19. The molecule has 1 heterocycles. The molecule has 1 saturated heterocycles. The third-order valence-electron chi connectivity index (χ3n) is 4.40. The molecule has 0 radical (unpaired) electrons. The first-order valence-electron chi connectivity index (χ1n) is 7.75. The fourth-order valence-electron chi connectivity index (χ4n) is 3.28. The Morgan fingerprint density at radius 3 is 2.90 bits per heavy atom. The number of hydrogen-bond donors (Lipinski definition) is 1. The van der Waals surface area contributed by atoms with Crippen LogP contribution in [0.5, 0.6) is 0 Å². The molecule has 0 aliphatic carbocycles. The summed E-state index contributed by atoms with van der Waals surface area (Å²) >= 11 is 0. The van der Waals surface area contributed by atoms with Crippen LogP contribution in [0.25, 0.3) is 0 Å². The SMILES string of the molecule is CCNC(Cc1cc(F)ccc1C)C1CCOC1CC. The molecule has 1 fully saturated rings. The number of halogens is 1. The van der Waals surface area contributed by atoms with Crippen LogP contribution in [0.1, 0.15) is 37.8 Å². The standard InChI is InChI=1S/C17H26FNO/c1-4-17-15(8-9-20-17)16(19-5-2)11-13-10-14(18)7-6-12(13)3/h6-7,10,15-17,19H,4-5,8-9,11H2,1-3H3. The van der Waals surface area contributed by atoms with E-state index in [9.17, 15) is 4.39 Å². The van der Waals surface area contributed by atoms with Gasteiger partial charge in [0.05, 0.1) is 6.10 Å². The maximum absolute atomic E-state index is 13.5. The van der Waals surface area contributed by atoms with E-state index in [1.165, 1.54) is 11.6 Å². The van der Waals surface area contributed by atoms with E-state index in [4.69, 9.17) is 4.74 Å². The van der Waals surface area contributed by atoms with Gasteiger partial charge in [-0.3, -0.25) is 0 Å². The van der Waals surface area contributed by atoms with Crippen molar-refractivity contribution in [2.45, 2.75) is 52.2 Å². The second-order valence-corrected chi connectivity index (χ2v) is 5.71. The van der Waals surface area contributed by atoms with Crippen LogP contribution in [-0.2, 0) is 11.2 Å². The monoisotopic (exact) mass is 279 g/mol. The first-order valence-corrected chi connectivity index (χ1v) is 7.75. The van der Waals surface area contributed by atoms with Crippen molar-refractivity contribution in [2.24, 2.45) is 5.92 Å². The van der Waals surface area contributed by atoms with Crippen LogP contribution in [0.3, 0.4) is 0 Å². The molecule has 20 heavy (non-hydrogen) atoms. The average molecular weight is 279 g/mol. The zero-order valence-corrected chi connectivity index (χ0v) is 12.8. The highest BCUT2D eigenvalue weighted by Gasteiger charge is 2.33. The Bertz CT molecular complexity index is 435. The van der Waals surface area contributed by atoms with Crippen LogP contribution in [0, 0.1) is 18.7 Å². The maximum Gasteiger partial charge on any atom is 0.123 e. The lowest BCUT2D eigenvalue weighted by Gasteiger charge is -2.28. The normalized spacial score (nSPS) is 24.0. The third-order valence-corrected chi connectivity index (χ3v) is 4.40. The summed E-state index contributed by atoms with van der Waals surface area (Å²) in [6, 6.07) is 5.45. The molecule has 1 N–H and O–H groups in total. The van der Waals surface area contributed by atoms with Gasteiger partial charge < -0.3 is 10.1 Å². The molecule has 0 saturated carbocycles. The average Bonchev–Trinajstić information content (AvgIpc) is 2.90. The van der Waals surface area contributed by atoms with Crippen molar-refractivity contribution in [3.05, 3.63) is 35.1 Å². The molecule has 1 aromatic rings. The molecule has 1 aromatic carbocycles. The second-order valence-electron chi connectivity index (χ2n) is 5.71. The molecule has 1 aliphatic rings. The maximum atomic E-state index is 13.5. The van der Waals surface area contributed by atoms with Crippen molar-refractivity contribution in [1.29, 1.82) is 0 Å². The zero-order chi connectivity index (χ0) is 14.5. The third kappa shape index (κ3) is 3.58. The van der Waals surface area contributed by atoms with Gasteiger partial charge in [0.15, 0.2) is 0 Å². The van der Waals surface area contributed by atoms with Gasteiger partial charge in [-0.2, -0.15) is 0 Å². The quantitative estimate of drug-likeness (QED) is 0.861. The number of aryl methyl sites for hydroxylation is 1. The van der Waals surface area contributed by atoms with Gasteiger partial charge >= 0.3 is 0 Å². The predicted octanol–water partition coefficient (Wildman–Crippen LogP) is 3.47. The van der Waals surface area contributed by atoms with E-state index in [-0.39, 0.29) is 5.82 Å². The Morgan fingerprint density at radius 2 is 2.20 bits per heavy atom. The number of hydrogen-bond acceptors (Lipinski definition) is 2. The highest BCUT2D eigenvalue weighted by molar-refractivity contribution is 5.27. The molecular weight excluding hydrogens is 253 g/mol. The van der Waals surface area contributed by atoms with E-state index in [2.05, 4.69) is 26.1 Å². The minimum atomic E-state index is -0.143. The Morgan fingerprint density at radius 1 is 1.40 bits per heavy atom. The van der Waals surface area contributed by atoms with Crippen molar-refractivity contribution in [1.82, 2.24) is 5.32 Å². The minimum Gasteiger partial charge on any atom is -0.378 e. The van der Waals surface area contributed by atoms with Crippen molar-refractivity contribution < 1.29 is 9.13 Å². The number of benzene rings is 1. The summed E-state index contributed by atoms with van der Waals surface area (Å²) in [5.74, 6) is 0.387. The topological polar surface area (TPSA) is 21.3 Å². The molecule has 2 nitrogen and oxygen atoms in total. The van der Waals surface area contributed by atoms with Gasteiger partial charge in [0, 0.05) is 18.6 Å². The Labute approximate surface area is 121 Å². The van der Waals surface area contributed by atoms with Crippen molar-refractivity contribution in [3.8, 4) is 0 Å². The van der Waals surface area contributed by atoms with E-state index in [1.807, 2.05) is 6.07 Å². The van der Waals surface area contributed by atoms with E-state index < -0.39 is 0 Å². The lowest BCUT2D eigenvalue weighted by atomic mass is 9.86. The number of nitrogens with one attached hydrogen (secondary N) is 1. The first-order chi connectivity index (χ1) is 9.65. The van der Waals surface area contributed by atoms with Gasteiger partial charge in [0.2, 0.25) is 0 Å². The van der Waals surface area contributed by atoms with Gasteiger partial charge in [-0.1, -0.05) is 19.9 Å². The summed E-state index contributed by atoms with van der Waals surface area (Å²) in [7, 11) is 0. The summed E-state index contributed by atoms with van der Waals surface area (Å²) < 4.78 is 19.3. The molecule has 3 atom stereocenters. The van der Waals surface area contributed by atoms with Crippen molar-refractivity contribution in [2.75, 3.05) is 13.2 Å². The van der Waals surface area contributed by atoms with Crippen LogP contribution >= 0.6 is 0 Å². The fraction of sp³-hybridized carbons (Fsp3) is 0.647. The van der Waals surface area contributed by atoms with Crippen LogP contribution in [0.4, 0.5) is 4.39 Å². The fourth-order valence-corrected chi connectivity index (χ4v) is 3.28. The molecule has 3 heteroatoms. The Kier molecular flexibility index (Phi) is 5.55. The van der Waals surface area contributed by atoms with Gasteiger partial charge in [0.25, 0.3) is 0 Å². The molecule has 0 amide bonds. The molecule has 0 bridgehead atoms. The number of likely N-dealkylation sites (N-methyl/N-ethyl adjacent to an activating group) is 1. The summed E-state index contributed by atoms with van der Waals surface area (Å²) in [6.07, 6.45) is 3.37. The lowest BCUT2D eigenvalue weighted by molar-refractivity contribution is 0.0776. The van der Waals surface area contributed by atoms with Crippen LogP contribution < -0.4 is 5.32 Å².